The molecule has 0 aliphatic carbocycles. The van der Waals surface area contributed by atoms with E-state index in [9.17, 15) is 8.42 Å². The zero-order chi connectivity index (χ0) is 18.4. The number of guanidine groups is 1. The Kier molecular flexibility index (Phi) is 5.34. The quantitative estimate of drug-likeness (QED) is 0.535. The normalized spacial score (nSPS) is 10.8. The second-order valence-electron chi connectivity index (χ2n) is 5.71. The van der Waals surface area contributed by atoms with Gasteiger partial charge in [0, 0.05) is 11.4 Å². The average molecular weight is 365 g/mol. The minimum Gasteiger partial charge on any atom is -0.325 e. The summed E-state index contributed by atoms with van der Waals surface area (Å²) in [6, 6.07) is 25.1. The van der Waals surface area contributed by atoms with Crippen LogP contribution in [-0.2, 0) is 10.0 Å². The summed E-state index contributed by atoms with van der Waals surface area (Å²) in [7, 11) is -3.85. The van der Waals surface area contributed by atoms with Crippen molar-refractivity contribution in [1.29, 1.82) is 0 Å². The number of sulfonamides is 1. The van der Waals surface area contributed by atoms with Crippen molar-refractivity contribution >= 4 is 27.4 Å². The lowest BCUT2D eigenvalue weighted by Crippen LogP contribution is -2.23. The Hall–Kier alpha value is -3.12. The molecule has 3 aromatic rings. The van der Waals surface area contributed by atoms with Crippen molar-refractivity contribution in [2.45, 2.75) is 11.8 Å². The van der Waals surface area contributed by atoms with Crippen molar-refractivity contribution in [3.8, 4) is 0 Å². The van der Waals surface area contributed by atoms with Crippen molar-refractivity contribution in [3.05, 3.63) is 90.5 Å². The van der Waals surface area contributed by atoms with E-state index in [4.69, 9.17) is 0 Å². The van der Waals surface area contributed by atoms with E-state index in [-0.39, 0.29) is 10.9 Å². The Morgan fingerprint density at radius 1 is 0.731 bits per heavy atom. The number of rotatable bonds is 4. The van der Waals surface area contributed by atoms with E-state index in [1.165, 1.54) is 0 Å². The molecule has 26 heavy (non-hydrogen) atoms. The van der Waals surface area contributed by atoms with E-state index in [2.05, 4.69) is 15.0 Å². The molecule has 132 valence electrons. The van der Waals surface area contributed by atoms with Crippen LogP contribution in [0, 0.1) is 6.92 Å². The summed E-state index contributed by atoms with van der Waals surface area (Å²) in [4.78, 5) is 0.144. The molecule has 0 spiro atoms. The van der Waals surface area contributed by atoms with Gasteiger partial charge in [0.25, 0.3) is 10.0 Å². The predicted molar refractivity (Wildman–Crippen MR) is 106 cm³/mol. The minimum absolute atomic E-state index is 0.128. The van der Waals surface area contributed by atoms with Crippen molar-refractivity contribution < 1.29 is 8.42 Å². The van der Waals surface area contributed by atoms with Gasteiger partial charge < -0.3 is 10.6 Å². The van der Waals surface area contributed by atoms with E-state index < -0.39 is 10.0 Å². The maximum Gasteiger partial charge on any atom is 0.285 e. The first-order valence-electron chi connectivity index (χ1n) is 8.09. The van der Waals surface area contributed by atoms with Gasteiger partial charge in [-0.2, -0.15) is 8.42 Å². The average Bonchev–Trinajstić information content (AvgIpc) is 2.63. The van der Waals surface area contributed by atoms with Gasteiger partial charge in [0.15, 0.2) is 0 Å². The molecule has 6 heteroatoms. The minimum atomic E-state index is -3.85. The highest BCUT2D eigenvalue weighted by atomic mass is 32.2. The van der Waals surface area contributed by atoms with Gasteiger partial charge >= 0.3 is 0 Å². The Bertz CT molecular complexity index is 941. The first-order valence-corrected chi connectivity index (χ1v) is 9.53. The summed E-state index contributed by atoms with van der Waals surface area (Å²) < 4.78 is 29.3. The van der Waals surface area contributed by atoms with Gasteiger partial charge in [-0.25, -0.2) is 0 Å². The summed E-state index contributed by atoms with van der Waals surface area (Å²) in [6.45, 7) is 1.90. The number of hydrogen-bond acceptors (Lipinski definition) is 2. The highest BCUT2D eigenvalue weighted by Crippen LogP contribution is 2.15. The lowest BCUT2D eigenvalue weighted by molar-refractivity contribution is 0.598. The van der Waals surface area contributed by atoms with Crippen LogP contribution in [0.3, 0.4) is 0 Å². The van der Waals surface area contributed by atoms with Crippen LogP contribution in [0.25, 0.3) is 0 Å². The van der Waals surface area contributed by atoms with Crippen molar-refractivity contribution in [2.24, 2.45) is 4.40 Å². The molecule has 0 bridgehead atoms. The van der Waals surface area contributed by atoms with Crippen molar-refractivity contribution in [3.63, 3.8) is 0 Å². The molecule has 0 atom stereocenters. The molecule has 0 radical (unpaired) electrons. The summed E-state index contributed by atoms with van der Waals surface area (Å²) in [5, 5.41) is 6.05. The van der Waals surface area contributed by atoms with Crippen LogP contribution in [0.5, 0.6) is 0 Å². The zero-order valence-electron chi connectivity index (χ0n) is 14.3. The van der Waals surface area contributed by atoms with Crippen LogP contribution < -0.4 is 10.6 Å². The molecule has 3 aromatic carbocycles. The molecule has 0 aliphatic rings. The van der Waals surface area contributed by atoms with Crippen LogP contribution in [0.2, 0.25) is 0 Å². The molecule has 0 unspecified atom stereocenters. The van der Waals surface area contributed by atoms with E-state index >= 15 is 0 Å². The van der Waals surface area contributed by atoms with Crippen LogP contribution in [0.1, 0.15) is 5.56 Å². The van der Waals surface area contributed by atoms with Gasteiger partial charge in [0.2, 0.25) is 5.96 Å². The summed E-state index contributed by atoms with van der Waals surface area (Å²) in [6.07, 6.45) is 0. The molecule has 0 fully saturated rings. The van der Waals surface area contributed by atoms with Crippen LogP contribution in [0.15, 0.2) is 94.2 Å². The maximum absolute atomic E-state index is 12.7. The molecule has 0 heterocycles. The van der Waals surface area contributed by atoms with Crippen LogP contribution in [-0.4, -0.2) is 14.4 Å². The fourth-order valence-corrected chi connectivity index (χ4v) is 3.19. The summed E-state index contributed by atoms with van der Waals surface area (Å²) >= 11 is 0. The summed E-state index contributed by atoms with van der Waals surface area (Å²) in [5.74, 6) is 0.128. The SMILES string of the molecule is Cc1ccc(S(=O)(=O)N=C(Nc2ccccc2)Nc2ccccc2)cc1. The molecular weight excluding hydrogens is 346 g/mol. The van der Waals surface area contributed by atoms with Crippen molar-refractivity contribution in [2.75, 3.05) is 10.6 Å². The van der Waals surface area contributed by atoms with Gasteiger partial charge in [-0.15, -0.1) is 4.40 Å². The molecule has 3 rings (SSSR count). The van der Waals surface area contributed by atoms with Gasteiger partial charge in [-0.05, 0) is 43.3 Å². The second-order valence-corrected chi connectivity index (χ2v) is 7.31. The van der Waals surface area contributed by atoms with E-state index in [0.29, 0.717) is 0 Å². The third kappa shape index (κ3) is 4.70. The van der Waals surface area contributed by atoms with Gasteiger partial charge in [0.1, 0.15) is 0 Å². The third-order valence-corrected chi connectivity index (χ3v) is 4.89. The number of anilines is 2. The molecule has 2 N–H and O–H groups in total. The first kappa shape index (κ1) is 17.7. The highest BCUT2D eigenvalue weighted by molar-refractivity contribution is 7.90. The molecule has 0 aliphatic heterocycles. The van der Waals surface area contributed by atoms with E-state index in [0.717, 1.165) is 16.9 Å². The first-order chi connectivity index (χ1) is 12.5. The number of aryl methyl sites for hydroxylation is 1. The highest BCUT2D eigenvalue weighted by Gasteiger charge is 2.15. The Labute approximate surface area is 153 Å². The summed E-state index contributed by atoms with van der Waals surface area (Å²) in [5.41, 5.74) is 2.44. The maximum atomic E-state index is 12.7. The Balaban J connectivity index is 1.95. The van der Waals surface area contributed by atoms with E-state index in [1.807, 2.05) is 67.6 Å². The van der Waals surface area contributed by atoms with Crippen molar-refractivity contribution in [1.82, 2.24) is 0 Å². The fourth-order valence-electron chi connectivity index (χ4n) is 2.28. The fraction of sp³-hybridized carbons (Fsp3) is 0.0500. The van der Waals surface area contributed by atoms with Crippen LogP contribution >= 0.6 is 0 Å². The Morgan fingerprint density at radius 2 is 1.19 bits per heavy atom. The lowest BCUT2D eigenvalue weighted by Gasteiger charge is -2.12. The number of benzene rings is 3. The molecule has 5 nitrogen and oxygen atoms in total. The standard InChI is InChI=1S/C20H19N3O2S/c1-16-12-14-19(15-13-16)26(24,25)23-20(21-17-8-4-2-5-9-17)22-18-10-6-3-7-11-18/h2-15H,1H3,(H2,21,22,23). The second kappa shape index (κ2) is 7.84. The number of hydrogen-bond donors (Lipinski definition) is 2. The van der Waals surface area contributed by atoms with Gasteiger partial charge in [-0.1, -0.05) is 54.1 Å². The predicted octanol–water partition coefficient (Wildman–Crippen LogP) is 4.26. The number of nitrogens with one attached hydrogen (secondary N) is 2. The molecule has 0 saturated carbocycles. The lowest BCUT2D eigenvalue weighted by atomic mass is 10.2. The third-order valence-electron chi connectivity index (χ3n) is 3.60. The smallest absolute Gasteiger partial charge is 0.285 e. The topological polar surface area (TPSA) is 70.6 Å². The van der Waals surface area contributed by atoms with E-state index in [1.54, 1.807) is 24.3 Å². The number of para-hydroxylation sites is 2. The monoisotopic (exact) mass is 365 g/mol. The Morgan fingerprint density at radius 3 is 1.65 bits per heavy atom. The van der Waals surface area contributed by atoms with Gasteiger partial charge in [-0.3, -0.25) is 0 Å². The molecule has 0 amide bonds. The molecular formula is C20H19N3O2S. The van der Waals surface area contributed by atoms with Crippen LogP contribution in [0.4, 0.5) is 11.4 Å². The molecule has 0 aromatic heterocycles. The molecule has 0 saturated heterocycles. The van der Waals surface area contributed by atoms with Gasteiger partial charge in [0.05, 0.1) is 4.90 Å². The number of nitrogens with zero attached hydrogens (tertiary/aromatic N) is 1. The largest absolute Gasteiger partial charge is 0.325 e. The zero-order valence-corrected chi connectivity index (χ0v) is 15.1.